The van der Waals surface area contributed by atoms with Gasteiger partial charge in [-0.15, -0.1) is 12.6 Å². The molecule has 0 saturated carbocycles. The third-order valence-corrected chi connectivity index (χ3v) is 5.18. The Kier molecular flexibility index (Phi) is 8.54. The number of ether oxygens (including phenoxy) is 1. The van der Waals surface area contributed by atoms with Gasteiger partial charge in [0.15, 0.2) is 0 Å². The molecule has 0 aliphatic rings. The number of aromatic nitrogens is 1. The predicted octanol–water partition coefficient (Wildman–Crippen LogP) is 7.29. The number of rotatable bonds is 9. The van der Waals surface area contributed by atoms with Crippen molar-refractivity contribution in [2.75, 3.05) is 17.3 Å². The Hall–Kier alpha value is -3.03. The van der Waals surface area contributed by atoms with E-state index in [1.165, 1.54) is 30.3 Å². The van der Waals surface area contributed by atoms with Gasteiger partial charge in [0.05, 0.1) is 5.69 Å². The molecule has 0 aliphatic carbocycles. The third-order valence-electron chi connectivity index (χ3n) is 4.91. The summed E-state index contributed by atoms with van der Waals surface area (Å²) in [6, 6.07) is 3.33. The number of thiol groups is 1. The Bertz CT molecular complexity index is 1120. The van der Waals surface area contributed by atoms with Crippen LogP contribution in [-0.2, 0) is 12.2 Å². The predicted molar refractivity (Wildman–Crippen MR) is 120 cm³/mol. The van der Waals surface area contributed by atoms with Gasteiger partial charge in [0, 0.05) is 36.0 Å². The van der Waals surface area contributed by atoms with Crippen LogP contribution in [0.25, 0.3) is 0 Å². The summed E-state index contributed by atoms with van der Waals surface area (Å²) >= 11 is 4.03. The summed E-state index contributed by atoms with van der Waals surface area (Å²) in [5, 5.41) is 2.82. The van der Waals surface area contributed by atoms with E-state index in [1.807, 2.05) is 0 Å². The van der Waals surface area contributed by atoms with Crippen molar-refractivity contribution in [2.45, 2.75) is 38.1 Å². The fraction of sp³-hybridized carbons (Fsp3) is 0.318. The minimum absolute atomic E-state index is 0.0200. The fourth-order valence-electron chi connectivity index (χ4n) is 3.33. The van der Waals surface area contributed by atoms with Crippen LogP contribution in [0.4, 0.5) is 51.0 Å². The number of anilines is 2. The molecule has 1 aromatic heterocycles. The highest BCUT2D eigenvalue weighted by Gasteiger charge is 2.73. The number of hydrogen-bond donors (Lipinski definition) is 2. The number of pyridine rings is 1. The van der Waals surface area contributed by atoms with Gasteiger partial charge in [-0.2, -0.15) is 35.1 Å². The van der Waals surface area contributed by atoms with Crippen LogP contribution in [0.2, 0.25) is 0 Å². The number of halogens is 9. The minimum atomic E-state index is -6.42. The average Bonchev–Trinajstić information content (AvgIpc) is 2.70. The molecule has 0 amide bonds. The minimum Gasteiger partial charge on any atom is -0.433 e. The molecule has 0 radical (unpaired) electrons. The Morgan fingerprint density at radius 2 is 1.67 bits per heavy atom. The van der Waals surface area contributed by atoms with Gasteiger partial charge >= 0.3 is 24.6 Å². The first kappa shape index (κ1) is 29.2. The van der Waals surface area contributed by atoms with E-state index in [0.717, 1.165) is 6.92 Å². The summed E-state index contributed by atoms with van der Waals surface area (Å²) in [5.74, 6) is -0.764. The Morgan fingerprint density at radius 3 is 2.17 bits per heavy atom. The maximum absolute atomic E-state index is 14.6. The number of nitrogens with zero attached hydrogens (tertiary/aromatic N) is 2. The first-order valence-electron chi connectivity index (χ1n) is 9.81. The fourth-order valence-corrected chi connectivity index (χ4v) is 3.39. The van der Waals surface area contributed by atoms with Gasteiger partial charge < -0.3 is 15.0 Å². The monoisotopic (exact) mass is 545 g/mol. The van der Waals surface area contributed by atoms with E-state index in [-0.39, 0.29) is 23.9 Å². The number of hydrogen-bond acceptors (Lipinski definition) is 5. The molecule has 198 valence electrons. The molecule has 4 nitrogen and oxygen atoms in total. The Morgan fingerprint density at radius 1 is 1.08 bits per heavy atom. The van der Waals surface area contributed by atoms with Gasteiger partial charge in [-0.1, -0.05) is 13.2 Å². The van der Waals surface area contributed by atoms with Crippen molar-refractivity contribution in [3.63, 3.8) is 0 Å². The van der Waals surface area contributed by atoms with E-state index in [4.69, 9.17) is 0 Å². The topological polar surface area (TPSA) is 37.4 Å². The number of nitrogens with one attached hydrogen (secondary N) is 1. The SMILES string of the molecule is C=C(S)C(=C)Nc1cc(CN(C)c2c(C)cc(C(F)(C(F)(F)F)C(F)(F)F)cc2OC(F)F)ccn1. The summed E-state index contributed by atoms with van der Waals surface area (Å²) in [7, 11) is 1.33. The zero-order valence-corrected chi connectivity index (χ0v) is 19.6. The van der Waals surface area contributed by atoms with Crippen LogP contribution < -0.4 is 15.0 Å². The molecule has 0 saturated heterocycles. The summed E-state index contributed by atoms with van der Waals surface area (Å²) in [6.45, 7) is 4.62. The molecular formula is C22H20F9N3OS. The molecule has 2 aromatic rings. The molecule has 1 aromatic carbocycles. The quantitative estimate of drug-likeness (QED) is 0.197. The van der Waals surface area contributed by atoms with E-state index in [2.05, 4.69) is 40.8 Å². The van der Waals surface area contributed by atoms with E-state index < -0.39 is 35.9 Å². The first-order valence-corrected chi connectivity index (χ1v) is 10.3. The van der Waals surface area contributed by atoms with Gasteiger partial charge in [-0.05, 0) is 42.3 Å². The summed E-state index contributed by atoms with van der Waals surface area (Å²) < 4.78 is 124. The maximum Gasteiger partial charge on any atom is 0.435 e. The maximum atomic E-state index is 14.6. The van der Waals surface area contributed by atoms with Crippen molar-refractivity contribution in [1.29, 1.82) is 0 Å². The van der Waals surface area contributed by atoms with E-state index in [0.29, 0.717) is 28.0 Å². The standard InChI is InChI=1S/C22H20F9N3OS/c1-11-7-15(20(25,21(26,27)28)22(29,30)31)9-16(35-19(23)24)18(11)34(4)10-14-5-6-32-17(8-14)33-12(2)13(3)36/h5-9,19,36H,2-3,10H2,1,4H3,(H,32,33). The van der Waals surface area contributed by atoms with Crippen molar-refractivity contribution in [2.24, 2.45) is 0 Å². The van der Waals surface area contributed by atoms with Crippen molar-refractivity contribution in [3.05, 3.63) is 70.9 Å². The highest BCUT2D eigenvalue weighted by Crippen LogP contribution is 2.54. The van der Waals surface area contributed by atoms with Crippen molar-refractivity contribution >= 4 is 24.1 Å². The van der Waals surface area contributed by atoms with E-state index >= 15 is 0 Å². The van der Waals surface area contributed by atoms with Gasteiger partial charge in [0.2, 0.25) is 0 Å². The third kappa shape index (κ3) is 6.20. The average molecular weight is 545 g/mol. The highest BCUT2D eigenvalue weighted by atomic mass is 32.1. The van der Waals surface area contributed by atoms with Crippen LogP contribution in [0.5, 0.6) is 5.75 Å². The lowest BCUT2D eigenvalue weighted by molar-refractivity contribution is -0.348. The van der Waals surface area contributed by atoms with Crippen molar-refractivity contribution in [3.8, 4) is 5.75 Å². The molecule has 0 aliphatic heterocycles. The van der Waals surface area contributed by atoms with E-state index in [1.54, 1.807) is 0 Å². The molecule has 0 unspecified atom stereocenters. The lowest BCUT2D eigenvalue weighted by atomic mass is 9.91. The molecule has 0 bridgehead atoms. The normalized spacial score (nSPS) is 12.5. The second kappa shape index (κ2) is 10.5. The molecule has 14 heteroatoms. The Labute approximate surface area is 205 Å². The molecule has 0 spiro atoms. The van der Waals surface area contributed by atoms with Gasteiger partial charge in [-0.3, -0.25) is 0 Å². The van der Waals surface area contributed by atoms with Gasteiger partial charge in [0.1, 0.15) is 11.6 Å². The second-order valence-electron chi connectivity index (χ2n) is 7.63. The number of aryl methyl sites for hydroxylation is 1. The zero-order valence-electron chi connectivity index (χ0n) is 18.7. The van der Waals surface area contributed by atoms with Gasteiger partial charge in [-0.25, -0.2) is 9.37 Å². The van der Waals surface area contributed by atoms with Crippen LogP contribution in [-0.4, -0.2) is 31.0 Å². The number of benzene rings is 1. The van der Waals surface area contributed by atoms with Crippen molar-refractivity contribution in [1.82, 2.24) is 4.98 Å². The van der Waals surface area contributed by atoms with Crippen LogP contribution in [0.3, 0.4) is 0 Å². The lowest BCUT2D eigenvalue weighted by Crippen LogP contribution is -2.50. The zero-order chi connectivity index (χ0) is 27.6. The van der Waals surface area contributed by atoms with Gasteiger partial charge in [0.25, 0.3) is 0 Å². The Balaban J connectivity index is 2.54. The smallest absolute Gasteiger partial charge is 0.433 e. The molecule has 2 rings (SSSR count). The molecule has 36 heavy (non-hydrogen) atoms. The van der Waals surface area contributed by atoms with Crippen LogP contribution in [0, 0.1) is 6.92 Å². The molecule has 0 atom stereocenters. The summed E-state index contributed by atoms with van der Waals surface area (Å²) in [5.41, 5.74) is -7.55. The summed E-state index contributed by atoms with van der Waals surface area (Å²) in [6.07, 6.45) is -11.5. The van der Waals surface area contributed by atoms with Crippen LogP contribution in [0.1, 0.15) is 16.7 Å². The molecular weight excluding hydrogens is 525 g/mol. The van der Waals surface area contributed by atoms with E-state index in [9.17, 15) is 39.5 Å². The second-order valence-corrected chi connectivity index (χ2v) is 8.17. The first-order chi connectivity index (χ1) is 16.4. The highest BCUT2D eigenvalue weighted by molar-refractivity contribution is 7.84. The van der Waals surface area contributed by atoms with Crippen LogP contribution >= 0.6 is 12.6 Å². The lowest BCUT2D eigenvalue weighted by Gasteiger charge is -2.32. The van der Waals surface area contributed by atoms with Crippen LogP contribution in [0.15, 0.2) is 54.2 Å². The summed E-state index contributed by atoms with van der Waals surface area (Å²) in [4.78, 5) is 5.62. The van der Waals surface area contributed by atoms with Crippen molar-refractivity contribution < 1.29 is 44.3 Å². The number of alkyl halides is 9. The molecule has 1 heterocycles. The molecule has 0 fully saturated rings. The molecule has 1 N–H and O–H groups in total. The largest absolute Gasteiger partial charge is 0.435 e.